The highest BCUT2D eigenvalue weighted by Gasteiger charge is 2.38. The summed E-state index contributed by atoms with van der Waals surface area (Å²) in [5, 5.41) is 13.3. The van der Waals surface area contributed by atoms with Crippen LogP contribution >= 0.6 is 0 Å². The minimum Gasteiger partial charge on any atom is -0.392 e. The second kappa shape index (κ2) is 5.47. The van der Waals surface area contributed by atoms with Gasteiger partial charge in [0.05, 0.1) is 17.6 Å². The van der Waals surface area contributed by atoms with Gasteiger partial charge in [-0.2, -0.15) is 0 Å². The highest BCUT2D eigenvalue weighted by molar-refractivity contribution is 7.91. The number of rotatable bonds is 5. The van der Waals surface area contributed by atoms with Crippen molar-refractivity contribution in [3.63, 3.8) is 0 Å². The zero-order chi connectivity index (χ0) is 13.2. The van der Waals surface area contributed by atoms with Gasteiger partial charge >= 0.3 is 0 Å². The first-order valence-electron chi connectivity index (χ1n) is 7.02. The van der Waals surface area contributed by atoms with Crippen LogP contribution in [0.1, 0.15) is 45.4 Å². The first-order chi connectivity index (χ1) is 8.39. The van der Waals surface area contributed by atoms with Gasteiger partial charge in [-0.05, 0) is 25.7 Å². The van der Waals surface area contributed by atoms with Crippen molar-refractivity contribution >= 4 is 9.84 Å². The molecule has 1 saturated carbocycles. The maximum Gasteiger partial charge on any atom is 0.152 e. The molecular weight excluding hydrogens is 250 g/mol. The van der Waals surface area contributed by atoms with E-state index < -0.39 is 9.84 Å². The van der Waals surface area contributed by atoms with E-state index in [9.17, 15) is 13.5 Å². The van der Waals surface area contributed by atoms with Gasteiger partial charge in [-0.1, -0.05) is 25.7 Å². The second-order valence-corrected chi connectivity index (χ2v) is 8.51. The van der Waals surface area contributed by atoms with E-state index in [0.717, 1.165) is 6.42 Å². The van der Waals surface area contributed by atoms with E-state index in [1.165, 1.54) is 25.7 Å². The third-order valence-electron chi connectivity index (χ3n) is 4.35. The van der Waals surface area contributed by atoms with Crippen LogP contribution in [0.3, 0.4) is 0 Å². The number of hydrogen-bond acceptors (Lipinski definition) is 4. The predicted octanol–water partition coefficient (Wildman–Crippen LogP) is 1.09. The van der Waals surface area contributed by atoms with Crippen molar-refractivity contribution in [3.05, 3.63) is 0 Å². The number of sulfone groups is 1. The van der Waals surface area contributed by atoms with E-state index in [-0.39, 0.29) is 23.1 Å². The Labute approximate surface area is 110 Å². The minimum atomic E-state index is -2.87. The standard InChI is InChI=1S/C13H25NO3S/c1-13(6-7-18(16,17)10-13)14-9-12(15)8-11-4-2-3-5-11/h11-12,14-15H,2-10H2,1H3. The molecule has 0 aromatic carbocycles. The number of aliphatic hydroxyl groups excluding tert-OH is 1. The zero-order valence-corrected chi connectivity index (χ0v) is 12.0. The number of nitrogens with one attached hydrogen (secondary N) is 1. The van der Waals surface area contributed by atoms with Crippen LogP contribution in [-0.2, 0) is 9.84 Å². The summed E-state index contributed by atoms with van der Waals surface area (Å²) >= 11 is 0. The summed E-state index contributed by atoms with van der Waals surface area (Å²) in [6.07, 6.45) is 6.24. The molecule has 0 spiro atoms. The Bertz CT molecular complexity index is 376. The van der Waals surface area contributed by atoms with Gasteiger partial charge in [0.2, 0.25) is 0 Å². The summed E-state index contributed by atoms with van der Waals surface area (Å²) in [4.78, 5) is 0. The normalized spacial score (nSPS) is 33.9. The molecule has 0 aromatic heterocycles. The molecule has 1 saturated heterocycles. The van der Waals surface area contributed by atoms with Gasteiger partial charge in [0.15, 0.2) is 9.84 Å². The van der Waals surface area contributed by atoms with E-state index >= 15 is 0 Å². The van der Waals surface area contributed by atoms with Crippen LogP contribution in [0.25, 0.3) is 0 Å². The fourth-order valence-electron chi connectivity index (χ4n) is 3.23. The average Bonchev–Trinajstić information content (AvgIpc) is 2.85. The van der Waals surface area contributed by atoms with Gasteiger partial charge in [-0.15, -0.1) is 0 Å². The second-order valence-electron chi connectivity index (χ2n) is 6.32. The van der Waals surface area contributed by atoms with E-state index in [0.29, 0.717) is 18.9 Å². The van der Waals surface area contributed by atoms with Crippen molar-refractivity contribution in [1.82, 2.24) is 5.32 Å². The van der Waals surface area contributed by atoms with Gasteiger partial charge in [0.1, 0.15) is 0 Å². The van der Waals surface area contributed by atoms with E-state index in [1.807, 2.05) is 6.92 Å². The average molecular weight is 275 g/mol. The van der Waals surface area contributed by atoms with Crippen molar-refractivity contribution in [2.75, 3.05) is 18.1 Å². The SMILES string of the molecule is CC1(NCC(O)CC2CCCC2)CCS(=O)(=O)C1. The lowest BCUT2D eigenvalue weighted by Gasteiger charge is -2.26. The summed E-state index contributed by atoms with van der Waals surface area (Å²) in [5.41, 5.74) is -0.338. The minimum absolute atomic E-state index is 0.205. The van der Waals surface area contributed by atoms with Crippen LogP contribution in [0.2, 0.25) is 0 Å². The van der Waals surface area contributed by atoms with Crippen molar-refractivity contribution < 1.29 is 13.5 Å². The molecule has 106 valence electrons. The molecular formula is C13H25NO3S. The van der Waals surface area contributed by atoms with Crippen molar-refractivity contribution in [1.29, 1.82) is 0 Å². The van der Waals surface area contributed by atoms with Gasteiger partial charge in [-0.3, -0.25) is 0 Å². The molecule has 0 aromatic rings. The Morgan fingerprint density at radius 1 is 1.39 bits per heavy atom. The Morgan fingerprint density at radius 2 is 2.06 bits per heavy atom. The smallest absolute Gasteiger partial charge is 0.152 e. The Morgan fingerprint density at radius 3 is 2.61 bits per heavy atom. The van der Waals surface area contributed by atoms with Gasteiger partial charge < -0.3 is 10.4 Å². The lowest BCUT2D eigenvalue weighted by Crippen LogP contribution is -2.47. The molecule has 1 aliphatic heterocycles. The molecule has 2 atom stereocenters. The van der Waals surface area contributed by atoms with Gasteiger partial charge in [0.25, 0.3) is 0 Å². The van der Waals surface area contributed by atoms with Crippen LogP contribution in [0.5, 0.6) is 0 Å². The van der Waals surface area contributed by atoms with Crippen molar-refractivity contribution in [3.8, 4) is 0 Å². The number of hydrogen-bond donors (Lipinski definition) is 2. The Balaban J connectivity index is 1.73. The number of β-amino-alcohol motifs (C(OH)–C–C–N with tert-alkyl or cyclic N) is 1. The van der Waals surface area contributed by atoms with Crippen molar-refractivity contribution in [2.45, 2.75) is 57.1 Å². The third kappa shape index (κ3) is 3.93. The summed E-state index contributed by atoms with van der Waals surface area (Å²) in [6.45, 7) is 2.46. The van der Waals surface area contributed by atoms with E-state index in [2.05, 4.69) is 5.32 Å². The predicted molar refractivity (Wildman–Crippen MR) is 72.3 cm³/mol. The van der Waals surface area contributed by atoms with Gasteiger partial charge in [-0.25, -0.2) is 8.42 Å². The van der Waals surface area contributed by atoms with Crippen molar-refractivity contribution in [2.24, 2.45) is 5.92 Å². The van der Waals surface area contributed by atoms with Crippen LogP contribution in [0.4, 0.5) is 0 Å². The lowest BCUT2D eigenvalue weighted by molar-refractivity contribution is 0.131. The van der Waals surface area contributed by atoms with Crippen LogP contribution in [0.15, 0.2) is 0 Å². The molecule has 4 nitrogen and oxygen atoms in total. The summed E-state index contributed by atoms with van der Waals surface area (Å²) in [5.74, 6) is 1.15. The molecule has 1 heterocycles. The summed E-state index contributed by atoms with van der Waals surface area (Å²) < 4.78 is 22.9. The molecule has 2 unspecified atom stereocenters. The molecule has 5 heteroatoms. The quantitative estimate of drug-likeness (QED) is 0.788. The fraction of sp³-hybridized carbons (Fsp3) is 1.00. The molecule has 2 aliphatic rings. The van der Waals surface area contributed by atoms with Crippen LogP contribution < -0.4 is 5.32 Å². The van der Waals surface area contributed by atoms with Crippen LogP contribution in [0, 0.1) is 5.92 Å². The molecule has 2 N–H and O–H groups in total. The van der Waals surface area contributed by atoms with E-state index in [4.69, 9.17) is 0 Å². The largest absolute Gasteiger partial charge is 0.392 e. The molecule has 1 aliphatic carbocycles. The Kier molecular flexibility index (Phi) is 4.34. The highest BCUT2D eigenvalue weighted by atomic mass is 32.2. The first kappa shape index (κ1) is 14.3. The molecule has 0 amide bonds. The monoisotopic (exact) mass is 275 g/mol. The molecule has 0 bridgehead atoms. The number of aliphatic hydroxyl groups is 1. The van der Waals surface area contributed by atoms with Gasteiger partial charge in [0, 0.05) is 12.1 Å². The zero-order valence-electron chi connectivity index (χ0n) is 11.2. The summed E-state index contributed by atoms with van der Waals surface area (Å²) in [6, 6.07) is 0. The van der Waals surface area contributed by atoms with Crippen LogP contribution in [-0.4, -0.2) is 43.2 Å². The highest BCUT2D eigenvalue weighted by Crippen LogP contribution is 2.29. The molecule has 18 heavy (non-hydrogen) atoms. The first-order valence-corrected chi connectivity index (χ1v) is 8.84. The Hall–Kier alpha value is -0.130. The summed E-state index contributed by atoms with van der Waals surface area (Å²) in [7, 11) is -2.87. The fourth-order valence-corrected chi connectivity index (χ4v) is 5.35. The third-order valence-corrected chi connectivity index (χ3v) is 6.25. The van der Waals surface area contributed by atoms with E-state index in [1.54, 1.807) is 0 Å². The lowest BCUT2D eigenvalue weighted by atomic mass is 9.98. The molecule has 0 radical (unpaired) electrons. The maximum atomic E-state index is 11.5. The molecule has 2 rings (SSSR count). The maximum absolute atomic E-state index is 11.5. The topological polar surface area (TPSA) is 66.4 Å². The molecule has 2 fully saturated rings.